The fourth-order valence-corrected chi connectivity index (χ4v) is 4.24. The van der Waals surface area contributed by atoms with E-state index >= 15 is 0 Å². The summed E-state index contributed by atoms with van der Waals surface area (Å²) in [6.07, 6.45) is 10.1. The van der Waals surface area contributed by atoms with Crippen molar-refractivity contribution in [2.45, 2.75) is 51.0 Å². The highest BCUT2D eigenvalue weighted by molar-refractivity contribution is 5.79. The second kappa shape index (κ2) is 6.38. The molecule has 0 radical (unpaired) electrons. The highest BCUT2D eigenvalue weighted by Gasteiger charge is 2.41. The van der Waals surface area contributed by atoms with Gasteiger partial charge in [-0.25, -0.2) is 0 Å². The molecule has 0 amide bonds. The predicted octanol–water partition coefficient (Wildman–Crippen LogP) is 2.07. The van der Waals surface area contributed by atoms with Gasteiger partial charge in [0.2, 0.25) is 0 Å². The Morgan fingerprint density at radius 3 is 2.36 bits per heavy atom. The van der Waals surface area contributed by atoms with Crippen LogP contribution in [0.15, 0.2) is 4.99 Å². The summed E-state index contributed by atoms with van der Waals surface area (Å²) in [6.45, 7) is 4.82. The van der Waals surface area contributed by atoms with Crippen molar-refractivity contribution in [2.24, 2.45) is 28.7 Å². The summed E-state index contributed by atoms with van der Waals surface area (Å²) < 4.78 is 0. The summed E-state index contributed by atoms with van der Waals surface area (Å²) in [5.41, 5.74) is 0. The average Bonchev–Trinajstić information content (AvgIpc) is 3.37. The summed E-state index contributed by atoms with van der Waals surface area (Å²) in [5, 5.41) is 7.19. The van der Waals surface area contributed by atoms with Gasteiger partial charge in [0.05, 0.1) is 0 Å². The van der Waals surface area contributed by atoms with Gasteiger partial charge in [0.1, 0.15) is 0 Å². The van der Waals surface area contributed by atoms with Crippen molar-refractivity contribution >= 4 is 5.96 Å². The maximum Gasteiger partial charge on any atom is 0.190 e. The van der Waals surface area contributed by atoms with Gasteiger partial charge in [0.25, 0.3) is 0 Å². The number of aliphatic imine (C=N–C) groups is 1. The summed E-state index contributed by atoms with van der Waals surface area (Å²) in [7, 11) is 1.91. The molecule has 4 fully saturated rings. The van der Waals surface area contributed by atoms with Gasteiger partial charge in [-0.2, -0.15) is 0 Å². The Bertz CT molecular complexity index is 397. The summed E-state index contributed by atoms with van der Waals surface area (Å²) in [5.74, 6) is 4.77. The molecule has 3 aliphatic carbocycles. The number of hydrogen-bond acceptors (Lipinski definition) is 2. The van der Waals surface area contributed by atoms with E-state index in [0.29, 0.717) is 0 Å². The second-order valence-corrected chi connectivity index (χ2v) is 8.05. The van der Waals surface area contributed by atoms with Crippen molar-refractivity contribution in [1.29, 1.82) is 0 Å². The Kier molecular flexibility index (Phi) is 4.29. The van der Waals surface area contributed by atoms with Crippen molar-refractivity contribution in [3.63, 3.8) is 0 Å². The van der Waals surface area contributed by atoms with Crippen LogP contribution in [0.2, 0.25) is 0 Å². The number of hydrogen-bond donors (Lipinski definition) is 2. The molecule has 0 spiro atoms. The SMILES string of the molecule is CN=C(NCC1CCN(C2CC2)C1)NCC(C1CC1)C1CC1. The molecule has 0 aromatic rings. The highest BCUT2D eigenvalue weighted by atomic mass is 15.2. The standard InChI is InChI=1S/C18H32N4/c1-19-18(21-11-17(14-2-3-14)15-4-5-15)20-10-13-8-9-22(12-13)16-6-7-16/h13-17H,2-12H2,1H3,(H2,19,20,21). The molecule has 1 aliphatic heterocycles. The van der Waals surface area contributed by atoms with E-state index in [9.17, 15) is 0 Å². The molecular formula is C18H32N4. The van der Waals surface area contributed by atoms with Gasteiger partial charge in [-0.05, 0) is 75.2 Å². The average molecular weight is 304 g/mol. The molecule has 0 aromatic carbocycles. The van der Waals surface area contributed by atoms with Crippen LogP contribution in [-0.4, -0.2) is 50.1 Å². The summed E-state index contributed by atoms with van der Waals surface area (Å²) in [6, 6.07) is 0.931. The predicted molar refractivity (Wildman–Crippen MR) is 91.0 cm³/mol. The van der Waals surface area contributed by atoms with Crippen LogP contribution in [-0.2, 0) is 0 Å². The summed E-state index contributed by atoms with van der Waals surface area (Å²) >= 11 is 0. The molecule has 4 aliphatic rings. The fraction of sp³-hybridized carbons (Fsp3) is 0.944. The molecule has 4 heteroatoms. The van der Waals surface area contributed by atoms with Crippen LogP contribution in [0.4, 0.5) is 0 Å². The van der Waals surface area contributed by atoms with E-state index < -0.39 is 0 Å². The first kappa shape index (κ1) is 14.8. The Morgan fingerprint density at radius 2 is 1.77 bits per heavy atom. The zero-order valence-electron chi connectivity index (χ0n) is 14.1. The van der Waals surface area contributed by atoms with Gasteiger partial charge in [-0.15, -0.1) is 0 Å². The first-order valence-corrected chi connectivity index (χ1v) is 9.52. The van der Waals surface area contributed by atoms with Gasteiger partial charge in [-0.1, -0.05) is 0 Å². The maximum atomic E-state index is 4.43. The van der Waals surface area contributed by atoms with E-state index in [4.69, 9.17) is 0 Å². The van der Waals surface area contributed by atoms with E-state index in [0.717, 1.165) is 48.8 Å². The van der Waals surface area contributed by atoms with Crippen molar-refractivity contribution < 1.29 is 0 Å². The van der Waals surface area contributed by atoms with E-state index in [1.54, 1.807) is 0 Å². The first-order valence-electron chi connectivity index (χ1n) is 9.52. The smallest absolute Gasteiger partial charge is 0.190 e. The molecule has 1 saturated heterocycles. The normalized spacial score (nSPS) is 30.1. The van der Waals surface area contributed by atoms with Gasteiger partial charge >= 0.3 is 0 Å². The molecule has 0 aromatic heterocycles. The Hall–Kier alpha value is -0.770. The molecule has 22 heavy (non-hydrogen) atoms. The molecule has 1 unspecified atom stereocenters. The lowest BCUT2D eigenvalue weighted by Crippen LogP contribution is -2.42. The minimum Gasteiger partial charge on any atom is -0.356 e. The first-order chi connectivity index (χ1) is 10.8. The third kappa shape index (κ3) is 3.76. The minimum atomic E-state index is 0.807. The quantitative estimate of drug-likeness (QED) is 0.559. The fourth-order valence-electron chi connectivity index (χ4n) is 4.24. The van der Waals surface area contributed by atoms with Gasteiger partial charge in [0, 0.05) is 32.7 Å². The Balaban J connectivity index is 1.17. The van der Waals surface area contributed by atoms with Crippen LogP contribution < -0.4 is 10.6 Å². The Labute approximate surface area is 135 Å². The van der Waals surface area contributed by atoms with Gasteiger partial charge < -0.3 is 15.5 Å². The molecule has 1 heterocycles. The largest absolute Gasteiger partial charge is 0.356 e. The molecule has 3 saturated carbocycles. The lowest BCUT2D eigenvalue weighted by molar-refractivity contribution is 0.314. The summed E-state index contributed by atoms with van der Waals surface area (Å²) in [4.78, 5) is 7.12. The van der Waals surface area contributed by atoms with E-state index in [1.165, 1.54) is 58.0 Å². The topological polar surface area (TPSA) is 39.7 Å². The molecule has 2 N–H and O–H groups in total. The number of nitrogens with zero attached hydrogens (tertiary/aromatic N) is 2. The number of guanidine groups is 1. The third-order valence-electron chi connectivity index (χ3n) is 6.12. The van der Waals surface area contributed by atoms with Crippen LogP contribution in [0.25, 0.3) is 0 Å². The van der Waals surface area contributed by atoms with Crippen LogP contribution in [0.5, 0.6) is 0 Å². The van der Waals surface area contributed by atoms with Gasteiger partial charge in [0.15, 0.2) is 5.96 Å². The lowest BCUT2D eigenvalue weighted by atomic mass is 9.98. The van der Waals surface area contributed by atoms with Crippen molar-refractivity contribution in [1.82, 2.24) is 15.5 Å². The van der Waals surface area contributed by atoms with Crippen LogP contribution in [0.1, 0.15) is 44.9 Å². The molecule has 4 nitrogen and oxygen atoms in total. The Morgan fingerprint density at radius 1 is 1.05 bits per heavy atom. The zero-order chi connectivity index (χ0) is 14.9. The van der Waals surface area contributed by atoms with E-state index in [-0.39, 0.29) is 0 Å². The highest BCUT2D eigenvalue weighted by Crippen LogP contribution is 2.48. The lowest BCUT2D eigenvalue weighted by Gasteiger charge is -2.20. The third-order valence-corrected chi connectivity index (χ3v) is 6.12. The molecule has 1 atom stereocenters. The van der Waals surface area contributed by atoms with Crippen LogP contribution in [0.3, 0.4) is 0 Å². The van der Waals surface area contributed by atoms with Crippen LogP contribution in [0, 0.1) is 23.7 Å². The van der Waals surface area contributed by atoms with Crippen molar-refractivity contribution in [3.05, 3.63) is 0 Å². The second-order valence-electron chi connectivity index (χ2n) is 8.05. The minimum absolute atomic E-state index is 0.807. The van der Waals surface area contributed by atoms with Crippen molar-refractivity contribution in [2.75, 3.05) is 33.2 Å². The monoisotopic (exact) mass is 304 g/mol. The number of rotatable bonds is 7. The van der Waals surface area contributed by atoms with Crippen LogP contribution >= 0.6 is 0 Å². The van der Waals surface area contributed by atoms with E-state index in [2.05, 4.69) is 20.5 Å². The van der Waals surface area contributed by atoms with E-state index in [1.807, 2.05) is 7.05 Å². The zero-order valence-corrected chi connectivity index (χ0v) is 14.1. The molecule has 0 bridgehead atoms. The van der Waals surface area contributed by atoms with Gasteiger partial charge in [-0.3, -0.25) is 4.99 Å². The molecule has 124 valence electrons. The number of nitrogens with one attached hydrogen (secondary N) is 2. The molecule has 4 rings (SSSR count). The van der Waals surface area contributed by atoms with Crippen molar-refractivity contribution in [3.8, 4) is 0 Å². The molecular weight excluding hydrogens is 272 g/mol. The number of likely N-dealkylation sites (tertiary alicyclic amines) is 1. The maximum absolute atomic E-state index is 4.43.